The first-order valence-corrected chi connectivity index (χ1v) is 7.84. The fourth-order valence-electron chi connectivity index (χ4n) is 3.38. The molecule has 2 aliphatic heterocycles. The molecule has 0 aromatic carbocycles. The van der Waals surface area contributed by atoms with E-state index in [-0.39, 0.29) is 0 Å². The average Bonchev–Trinajstić information content (AvgIpc) is 2.87. The van der Waals surface area contributed by atoms with Crippen LogP contribution in [0.4, 0.5) is 0 Å². The Morgan fingerprint density at radius 3 is 2.37 bits per heavy atom. The van der Waals surface area contributed by atoms with E-state index in [0.29, 0.717) is 23.9 Å². The van der Waals surface area contributed by atoms with Gasteiger partial charge in [-0.3, -0.25) is 9.69 Å². The highest BCUT2D eigenvalue weighted by Crippen LogP contribution is 2.36. The van der Waals surface area contributed by atoms with Crippen molar-refractivity contribution < 1.29 is 4.79 Å². The van der Waals surface area contributed by atoms with Crippen molar-refractivity contribution in [2.45, 2.75) is 52.0 Å². The van der Waals surface area contributed by atoms with Gasteiger partial charge in [-0.2, -0.15) is 0 Å². The van der Waals surface area contributed by atoms with Crippen LogP contribution in [0.1, 0.15) is 46.0 Å². The lowest BCUT2D eigenvalue weighted by atomic mass is 9.82. The zero-order chi connectivity index (χ0) is 13.9. The zero-order valence-corrected chi connectivity index (χ0v) is 12.5. The lowest BCUT2D eigenvalue weighted by Gasteiger charge is -2.31. The minimum atomic E-state index is 0.319. The van der Waals surface area contributed by atoms with Gasteiger partial charge in [-0.05, 0) is 37.5 Å². The number of likely N-dealkylation sites (tertiary alicyclic amines) is 2. The molecule has 0 aliphatic carbocycles. The van der Waals surface area contributed by atoms with Crippen LogP contribution in [0.25, 0.3) is 0 Å². The van der Waals surface area contributed by atoms with Crippen molar-refractivity contribution in [3.63, 3.8) is 0 Å². The van der Waals surface area contributed by atoms with E-state index in [1.165, 1.54) is 19.3 Å². The second kappa shape index (κ2) is 6.23. The van der Waals surface area contributed by atoms with E-state index in [1.807, 2.05) is 0 Å². The van der Waals surface area contributed by atoms with Gasteiger partial charge in [0.05, 0.1) is 6.54 Å². The van der Waals surface area contributed by atoms with Crippen molar-refractivity contribution in [2.24, 2.45) is 11.1 Å². The molecular formula is C15H29N3O. The van der Waals surface area contributed by atoms with E-state index in [4.69, 9.17) is 5.73 Å². The molecule has 0 spiro atoms. The standard InChI is InChI=1S/C15H29N3O/c1-3-15(4-2)7-10-18(12-15)14(19)11-17-8-5-13(16)6-9-17/h13H,3-12,16H2,1-2H3. The maximum Gasteiger partial charge on any atom is 0.236 e. The zero-order valence-electron chi connectivity index (χ0n) is 12.5. The first-order chi connectivity index (χ1) is 9.08. The van der Waals surface area contributed by atoms with Crippen LogP contribution < -0.4 is 5.73 Å². The molecule has 110 valence electrons. The van der Waals surface area contributed by atoms with Crippen molar-refractivity contribution in [2.75, 3.05) is 32.7 Å². The second-order valence-corrected chi connectivity index (χ2v) is 6.39. The third-order valence-electron chi connectivity index (χ3n) is 5.28. The monoisotopic (exact) mass is 267 g/mol. The first-order valence-electron chi connectivity index (χ1n) is 7.84. The molecule has 4 heteroatoms. The number of nitrogens with two attached hydrogens (primary N) is 1. The number of hydrogen-bond donors (Lipinski definition) is 1. The summed E-state index contributed by atoms with van der Waals surface area (Å²) in [7, 11) is 0. The van der Waals surface area contributed by atoms with Gasteiger partial charge in [-0.15, -0.1) is 0 Å². The summed E-state index contributed by atoms with van der Waals surface area (Å²) in [6, 6.07) is 0.339. The van der Waals surface area contributed by atoms with Gasteiger partial charge in [-0.25, -0.2) is 0 Å². The van der Waals surface area contributed by atoms with Gasteiger partial charge in [0.15, 0.2) is 0 Å². The summed E-state index contributed by atoms with van der Waals surface area (Å²) < 4.78 is 0. The van der Waals surface area contributed by atoms with E-state index in [9.17, 15) is 4.79 Å². The quantitative estimate of drug-likeness (QED) is 0.838. The molecule has 2 aliphatic rings. The van der Waals surface area contributed by atoms with Gasteiger partial charge in [0.1, 0.15) is 0 Å². The number of amides is 1. The molecule has 0 saturated carbocycles. The highest BCUT2D eigenvalue weighted by molar-refractivity contribution is 5.78. The molecule has 4 nitrogen and oxygen atoms in total. The van der Waals surface area contributed by atoms with E-state index < -0.39 is 0 Å². The molecule has 0 atom stereocenters. The number of carbonyl (C=O) groups excluding carboxylic acids is 1. The Bertz CT molecular complexity index is 307. The van der Waals surface area contributed by atoms with Gasteiger partial charge in [0, 0.05) is 32.2 Å². The van der Waals surface area contributed by atoms with Crippen molar-refractivity contribution in [1.82, 2.24) is 9.80 Å². The van der Waals surface area contributed by atoms with E-state index in [0.717, 1.165) is 39.0 Å². The van der Waals surface area contributed by atoms with Gasteiger partial charge >= 0.3 is 0 Å². The van der Waals surface area contributed by atoms with Crippen LogP contribution in [0.15, 0.2) is 0 Å². The van der Waals surface area contributed by atoms with Crippen LogP contribution in [0.2, 0.25) is 0 Å². The molecule has 2 rings (SSSR count). The van der Waals surface area contributed by atoms with Crippen LogP contribution in [-0.4, -0.2) is 54.5 Å². The Labute approximate surface area is 117 Å². The lowest BCUT2D eigenvalue weighted by Crippen LogP contribution is -2.45. The molecule has 2 N–H and O–H groups in total. The van der Waals surface area contributed by atoms with Gasteiger partial charge in [0.2, 0.25) is 5.91 Å². The summed E-state index contributed by atoms with van der Waals surface area (Å²) in [5.74, 6) is 0.319. The Morgan fingerprint density at radius 2 is 1.84 bits per heavy atom. The predicted octanol–water partition coefficient (Wildman–Crippen LogP) is 1.45. The number of nitrogens with zero attached hydrogens (tertiary/aromatic N) is 2. The second-order valence-electron chi connectivity index (χ2n) is 6.39. The van der Waals surface area contributed by atoms with Crippen LogP contribution in [0, 0.1) is 5.41 Å². The third-order valence-corrected chi connectivity index (χ3v) is 5.28. The Kier molecular flexibility index (Phi) is 4.85. The van der Waals surface area contributed by atoms with E-state index in [1.54, 1.807) is 0 Å². The maximum absolute atomic E-state index is 12.4. The summed E-state index contributed by atoms with van der Waals surface area (Å²) in [4.78, 5) is 16.7. The normalized spacial score (nSPS) is 24.9. The van der Waals surface area contributed by atoms with E-state index in [2.05, 4.69) is 23.6 Å². The van der Waals surface area contributed by atoms with Crippen molar-refractivity contribution in [1.29, 1.82) is 0 Å². The van der Waals surface area contributed by atoms with Gasteiger partial charge in [-0.1, -0.05) is 13.8 Å². The number of rotatable bonds is 4. The summed E-state index contributed by atoms with van der Waals surface area (Å²) in [6.45, 7) is 8.98. The molecule has 2 saturated heterocycles. The van der Waals surface area contributed by atoms with Crippen LogP contribution >= 0.6 is 0 Å². The molecule has 2 heterocycles. The molecule has 19 heavy (non-hydrogen) atoms. The average molecular weight is 267 g/mol. The molecule has 0 bridgehead atoms. The molecule has 2 fully saturated rings. The van der Waals surface area contributed by atoms with Gasteiger partial charge < -0.3 is 10.6 Å². The molecule has 1 amide bonds. The Balaban J connectivity index is 1.81. The number of hydrogen-bond acceptors (Lipinski definition) is 3. The number of piperidine rings is 1. The minimum Gasteiger partial charge on any atom is -0.341 e. The summed E-state index contributed by atoms with van der Waals surface area (Å²) in [6.07, 6.45) is 5.61. The molecule has 0 aromatic heterocycles. The smallest absolute Gasteiger partial charge is 0.236 e. The lowest BCUT2D eigenvalue weighted by molar-refractivity contribution is -0.132. The highest BCUT2D eigenvalue weighted by Gasteiger charge is 2.37. The minimum absolute atomic E-state index is 0.319. The fourth-order valence-corrected chi connectivity index (χ4v) is 3.38. The van der Waals surface area contributed by atoms with Crippen molar-refractivity contribution >= 4 is 5.91 Å². The van der Waals surface area contributed by atoms with Crippen molar-refractivity contribution in [3.8, 4) is 0 Å². The van der Waals surface area contributed by atoms with Crippen LogP contribution in [0.3, 0.4) is 0 Å². The van der Waals surface area contributed by atoms with Gasteiger partial charge in [0.25, 0.3) is 0 Å². The largest absolute Gasteiger partial charge is 0.341 e. The van der Waals surface area contributed by atoms with Crippen LogP contribution in [0.5, 0.6) is 0 Å². The number of carbonyl (C=O) groups is 1. The summed E-state index contributed by atoms with van der Waals surface area (Å²) in [5.41, 5.74) is 6.29. The Hall–Kier alpha value is -0.610. The highest BCUT2D eigenvalue weighted by atomic mass is 16.2. The topological polar surface area (TPSA) is 49.6 Å². The third kappa shape index (κ3) is 3.48. The first kappa shape index (κ1) is 14.8. The predicted molar refractivity (Wildman–Crippen MR) is 77.9 cm³/mol. The maximum atomic E-state index is 12.4. The Morgan fingerprint density at radius 1 is 1.21 bits per heavy atom. The summed E-state index contributed by atoms with van der Waals surface area (Å²) in [5, 5.41) is 0. The molecular weight excluding hydrogens is 238 g/mol. The van der Waals surface area contributed by atoms with Crippen LogP contribution in [-0.2, 0) is 4.79 Å². The van der Waals surface area contributed by atoms with Crippen molar-refractivity contribution in [3.05, 3.63) is 0 Å². The molecule has 0 unspecified atom stereocenters. The SMILES string of the molecule is CCC1(CC)CCN(C(=O)CN2CCC(N)CC2)C1. The fraction of sp³-hybridized carbons (Fsp3) is 0.933. The summed E-state index contributed by atoms with van der Waals surface area (Å²) >= 11 is 0. The molecule has 0 aromatic rings. The van der Waals surface area contributed by atoms with E-state index >= 15 is 0 Å². The molecule has 0 radical (unpaired) electrons.